The summed E-state index contributed by atoms with van der Waals surface area (Å²) in [6.07, 6.45) is 6.05. The molecule has 1 atom stereocenters. The van der Waals surface area contributed by atoms with Crippen molar-refractivity contribution in [3.8, 4) is 5.75 Å². The zero-order chi connectivity index (χ0) is 14.5. The van der Waals surface area contributed by atoms with E-state index in [1.807, 2.05) is 49.3 Å². The molecule has 1 aliphatic heterocycles. The maximum absolute atomic E-state index is 12.2. The Morgan fingerprint density at radius 1 is 1.38 bits per heavy atom. The summed E-state index contributed by atoms with van der Waals surface area (Å²) in [5.41, 5.74) is 1.91. The topological polar surface area (TPSA) is 29.5 Å². The molecule has 1 unspecified atom stereocenters. The zero-order valence-electron chi connectivity index (χ0n) is 12.8. The van der Waals surface area contributed by atoms with E-state index in [9.17, 15) is 4.79 Å². The average molecular weight is 379 g/mol. The van der Waals surface area contributed by atoms with Crippen molar-refractivity contribution in [1.29, 1.82) is 0 Å². The number of nitrogens with zero attached hydrogens (tertiary/aromatic N) is 1. The van der Waals surface area contributed by atoms with Crippen LogP contribution < -0.4 is 4.74 Å². The largest absolute Gasteiger partial charge is 0.483 e. The fourth-order valence-corrected chi connectivity index (χ4v) is 2.47. The molecule has 1 aliphatic rings. The van der Waals surface area contributed by atoms with Crippen LogP contribution in [0.3, 0.4) is 0 Å². The normalized spacial score (nSPS) is 18.0. The van der Waals surface area contributed by atoms with Gasteiger partial charge in [-0.05, 0) is 25.3 Å². The number of ether oxygens (including phenoxy) is 1. The van der Waals surface area contributed by atoms with Crippen LogP contribution >= 0.6 is 11.8 Å². The van der Waals surface area contributed by atoms with Gasteiger partial charge in [0.05, 0.1) is 0 Å². The third-order valence-electron chi connectivity index (χ3n) is 3.32. The molecule has 0 aliphatic carbocycles. The molecule has 2 rings (SSSR count). The average Bonchev–Trinajstić information content (AvgIpc) is 2.48. The van der Waals surface area contributed by atoms with Crippen molar-refractivity contribution in [3.05, 3.63) is 35.9 Å². The molecule has 1 heterocycles. The van der Waals surface area contributed by atoms with Crippen LogP contribution in [0.5, 0.6) is 5.75 Å². The van der Waals surface area contributed by atoms with Crippen molar-refractivity contribution < 1.29 is 42.2 Å². The molecular weight excluding hydrogens is 359 g/mol. The second kappa shape index (κ2) is 8.97. The molecule has 1 aromatic rings. The number of hydrogen-bond acceptors (Lipinski definition) is 3. The van der Waals surface area contributed by atoms with Crippen molar-refractivity contribution in [2.75, 3.05) is 18.7 Å². The summed E-state index contributed by atoms with van der Waals surface area (Å²) in [5.74, 6) is 1.71. The Kier molecular flexibility index (Phi) is 8.00. The van der Waals surface area contributed by atoms with Crippen LogP contribution in [0.25, 0.3) is 5.70 Å². The Balaban J connectivity index is 0.00000220. The van der Waals surface area contributed by atoms with E-state index in [2.05, 4.69) is 6.08 Å². The van der Waals surface area contributed by atoms with Gasteiger partial charge in [0.15, 0.2) is 0 Å². The Morgan fingerprint density at radius 2 is 2.05 bits per heavy atom. The van der Waals surface area contributed by atoms with Crippen molar-refractivity contribution in [2.24, 2.45) is 5.92 Å². The molecule has 0 bridgehead atoms. The molecule has 0 aromatic heterocycles. The molecule has 21 heavy (non-hydrogen) atoms. The van der Waals surface area contributed by atoms with Gasteiger partial charge in [0, 0.05) is 45.2 Å². The predicted octanol–water partition coefficient (Wildman–Crippen LogP) is 3.42. The molecule has 1 amide bonds. The Bertz CT molecular complexity index is 502. The molecule has 5 heteroatoms. The van der Waals surface area contributed by atoms with Crippen LogP contribution in [0.1, 0.15) is 25.8 Å². The minimum absolute atomic E-state index is 0. The van der Waals surface area contributed by atoms with Crippen LogP contribution in [-0.4, -0.2) is 29.5 Å². The first kappa shape index (κ1) is 18.7. The minimum Gasteiger partial charge on any atom is -0.483 e. The summed E-state index contributed by atoms with van der Waals surface area (Å²) in [6, 6.07) is 7.86. The SMILES string of the molecule is CCN1C(=O)C(C)C[C-]=C1c1ccc(OCSC)cc1.[Y]. The van der Waals surface area contributed by atoms with Crippen LogP contribution in [0.15, 0.2) is 24.3 Å². The predicted molar refractivity (Wildman–Crippen MR) is 83.3 cm³/mol. The van der Waals surface area contributed by atoms with E-state index in [1.54, 1.807) is 11.8 Å². The first-order valence-corrected chi connectivity index (χ1v) is 8.21. The van der Waals surface area contributed by atoms with Gasteiger partial charge in [-0.15, -0.1) is 29.6 Å². The molecule has 0 saturated carbocycles. The van der Waals surface area contributed by atoms with E-state index in [0.717, 1.165) is 17.0 Å². The van der Waals surface area contributed by atoms with Crippen LogP contribution in [-0.2, 0) is 37.5 Å². The third kappa shape index (κ3) is 4.57. The first-order valence-electron chi connectivity index (χ1n) is 6.81. The van der Waals surface area contributed by atoms with Crippen molar-refractivity contribution >= 4 is 23.4 Å². The van der Waals surface area contributed by atoms with Crippen LogP contribution in [0, 0.1) is 12.0 Å². The summed E-state index contributed by atoms with van der Waals surface area (Å²) in [4.78, 5) is 14.0. The van der Waals surface area contributed by atoms with Crippen LogP contribution in [0.4, 0.5) is 0 Å². The molecule has 0 spiro atoms. The Hall–Kier alpha value is -0.316. The van der Waals surface area contributed by atoms with Gasteiger partial charge in [-0.1, -0.05) is 13.3 Å². The van der Waals surface area contributed by atoms with Gasteiger partial charge in [0.25, 0.3) is 0 Å². The van der Waals surface area contributed by atoms with E-state index in [-0.39, 0.29) is 44.5 Å². The summed E-state index contributed by atoms with van der Waals surface area (Å²) in [6.45, 7) is 4.62. The number of rotatable bonds is 5. The monoisotopic (exact) mass is 379 g/mol. The molecule has 0 N–H and O–H groups in total. The molecule has 3 nitrogen and oxygen atoms in total. The number of benzene rings is 1. The van der Waals surface area contributed by atoms with Gasteiger partial charge in [-0.2, -0.15) is 5.56 Å². The van der Waals surface area contributed by atoms with E-state index < -0.39 is 0 Å². The number of amides is 1. The fraction of sp³-hybridized carbons (Fsp3) is 0.438. The van der Waals surface area contributed by atoms with E-state index in [1.165, 1.54) is 0 Å². The van der Waals surface area contributed by atoms with Gasteiger partial charge in [-0.3, -0.25) is 4.79 Å². The van der Waals surface area contributed by atoms with Gasteiger partial charge >= 0.3 is 0 Å². The molecule has 1 aromatic carbocycles. The second-order valence-corrected chi connectivity index (χ2v) is 5.60. The van der Waals surface area contributed by atoms with Gasteiger partial charge in [0.1, 0.15) is 11.7 Å². The van der Waals surface area contributed by atoms with Crippen molar-refractivity contribution in [2.45, 2.75) is 20.3 Å². The summed E-state index contributed by atoms with van der Waals surface area (Å²) < 4.78 is 5.54. The quantitative estimate of drug-likeness (QED) is 0.580. The van der Waals surface area contributed by atoms with Gasteiger partial charge in [-0.25, -0.2) is 6.08 Å². The molecule has 1 radical (unpaired) electrons. The van der Waals surface area contributed by atoms with E-state index in [4.69, 9.17) is 4.74 Å². The van der Waals surface area contributed by atoms with Gasteiger partial charge in [0.2, 0.25) is 5.91 Å². The van der Waals surface area contributed by atoms with Gasteiger partial charge < -0.3 is 9.64 Å². The standard InChI is InChI=1S/C16H20NO2S.Y/c1-4-17-15(10-5-12(2)16(17)18)13-6-8-14(9-7-13)19-11-20-3;/h6-9,12H,4-5,11H2,1-3H3;/q-1;. The van der Waals surface area contributed by atoms with Crippen molar-refractivity contribution in [3.63, 3.8) is 0 Å². The Morgan fingerprint density at radius 3 is 2.62 bits per heavy atom. The maximum atomic E-state index is 12.2. The van der Waals surface area contributed by atoms with E-state index >= 15 is 0 Å². The minimum atomic E-state index is 0. The Labute approximate surface area is 156 Å². The summed E-state index contributed by atoms with van der Waals surface area (Å²) in [5, 5.41) is 0. The van der Waals surface area contributed by atoms with E-state index in [0.29, 0.717) is 18.9 Å². The number of carbonyl (C=O) groups is 1. The molecule has 0 saturated heterocycles. The second-order valence-electron chi connectivity index (χ2n) is 4.79. The maximum Gasteiger partial charge on any atom is 0.225 e. The third-order valence-corrected chi connectivity index (χ3v) is 3.67. The smallest absolute Gasteiger partial charge is 0.225 e. The molecule has 111 valence electrons. The number of carbonyl (C=O) groups excluding carboxylic acids is 1. The number of hydrogen-bond donors (Lipinski definition) is 0. The zero-order valence-corrected chi connectivity index (χ0v) is 16.4. The number of allylic oxidation sites excluding steroid dienone is 1. The molecular formula is C16H20NO2SY-. The number of thioether (sulfide) groups is 1. The van der Waals surface area contributed by atoms with Crippen molar-refractivity contribution in [1.82, 2.24) is 4.90 Å². The fourth-order valence-electron chi connectivity index (χ4n) is 2.22. The first-order chi connectivity index (χ1) is 9.67. The summed E-state index contributed by atoms with van der Waals surface area (Å²) in [7, 11) is 0. The van der Waals surface area contributed by atoms with Crippen LogP contribution in [0.2, 0.25) is 0 Å². The summed E-state index contributed by atoms with van der Waals surface area (Å²) >= 11 is 1.64. The molecule has 0 fully saturated rings.